The summed E-state index contributed by atoms with van der Waals surface area (Å²) in [5.41, 5.74) is 6.85. The van der Waals surface area contributed by atoms with E-state index in [1.165, 1.54) is 0 Å². The number of nitrogens with two attached hydrogens (primary N) is 1. The molecule has 2 atom stereocenters. The molecule has 2 N–H and O–H groups in total. The molecule has 3 nitrogen and oxygen atoms in total. The summed E-state index contributed by atoms with van der Waals surface area (Å²) in [6.07, 6.45) is 1.62. The fourth-order valence-corrected chi connectivity index (χ4v) is 1.82. The summed E-state index contributed by atoms with van der Waals surface area (Å²) in [6, 6.07) is 7.61. The van der Waals surface area contributed by atoms with E-state index in [9.17, 15) is 0 Å². The Kier molecular flexibility index (Phi) is 4.18. The highest BCUT2D eigenvalue weighted by molar-refractivity contribution is 6.30. The van der Waals surface area contributed by atoms with Crippen LogP contribution in [0.5, 0.6) is 0 Å². The molecule has 0 bridgehead atoms. The first-order valence-corrected chi connectivity index (χ1v) is 5.88. The summed E-state index contributed by atoms with van der Waals surface area (Å²) in [4.78, 5) is 0. The zero-order valence-electron chi connectivity index (χ0n) is 9.06. The predicted octanol–water partition coefficient (Wildman–Crippen LogP) is 2.49. The highest BCUT2D eigenvalue weighted by Crippen LogP contribution is 2.23. The van der Waals surface area contributed by atoms with Crippen LogP contribution >= 0.6 is 11.6 Å². The Labute approximate surface area is 100 Å². The van der Waals surface area contributed by atoms with E-state index >= 15 is 0 Å². The third-order valence-corrected chi connectivity index (χ3v) is 2.84. The summed E-state index contributed by atoms with van der Waals surface area (Å²) in [5, 5.41) is 0.714. The standard InChI is InChI=1S/C12H16ClNO2/c13-10-5-3-9(4-6-10)12-15-7-1-2-11(14)8-16-12/h3-6,11-12H,1-2,7-8,14H2/t11-,12+/m0/s1. The van der Waals surface area contributed by atoms with Gasteiger partial charge >= 0.3 is 0 Å². The molecule has 1 aromatic rings. The van der Waals surface area contributed by atoms with Crippen molar-refractivity contribution in [3.05, 3.63) is 34.9 Å². The lowest BCUT2D eigenvalue weighted by atomic mass is 10.1. The number of rotatable bonds is 1. The topological polar surface area (TPSA) is 44.5 Å². The van der Waals surface area contributed by atoms with Crippen molar-refractivity contribution in [1.29, 1.82) is 0 Å². The van der Waals surface area contributed by atoms with E-state index in [1.54, 1.807) is 0 Å². The minimum atomic E-state index is -0.316. The molecule has 0 aliphatic carbocycles. The summed E-state index contributed by atoms with van der Waals surface area (Å²) in [5.74, 6) is 0. The molecule has 88 valence electrons. The Morgan fingerprint density at radius 2 is 1.94 bits per heavy atom. The Morgan fingerprint density at radius 1 is 1.19 bits per heavy atom. The van der Waals surface area contributed by atoms with Crippen LogP contribution in [0.1, 0.15) is 24.7 Å². The molecule has 1 heterocycles. The zero-order chi connectivity index (χ0) is 11.4. The lowest BCUT2D eigenvalue weighted by Gasteiger charge is -2.24. The molecule has 1 saturated heterocycles. The van der Waals surface area contributed by atoms with Crippen molar-refractivity contribution in [3.8, 4) is 0 Å². The fraction of sp³-hybridized carbons (Fsp3) is 0.500. The van der Waals surface area contributed by atoms with Gasteiger partial charge in [0, 0.05) is 16.6 Å². The average molecular weight is 242 g/mol. The van der Waals surface area contributed by atoms with Crippen molar-refractivity contribution >= 4 is 11.6 Å². The third-order valence-electron chi connectivity index (χ3n) is 2.59. The number of hydrogen-bond acceptors (Lipinski definition) is 3. The molecule has 0 saturated carbocycles. The number of benzene rings is 1. The van der Waals surface area contributed by atoms with Crippen molar-refractivity contribution in [2.75, 3.05) is 13.2 Å². The van der Waals surface area contributed by atoms with Gasteiger partial charge in [-0.2, -0.15) is 0 Å². The van der Waals surface area contributed by atoms with E-state index in [0.29, 0.717) is 18.2 Å². The Hall–Kier alpha value is -0.610. The lowest BCUT2D eigenvalue weighted by molar-refractivity contribution is -0.159. The van der Waals surface area contributed by atoms with Crippen LogP contribution in [0.4, 0.5) is 0 Å². The first-order valence-electron chi connectivity index (χ1n) is 5.50. The van der Waals surface area contributed by atoms with Crippen LogP contribution in [0.3, 0.4) is 0 Å². The van der Waals surface area contributed by atoms with Crippen LogP contribution in [0.15, 0.2) is 24.3 Å². The summed E-state index contributed by atoms with van der Waals surface area (Å²) in [7, 11) is 0. The quantitative estimate of drug-likeness (QED) is 0.822. The smallest absolute Gasteiger partial charge is 0.183 e. The van der Waals surface area contributed by atoms with Gasteiger partial charge in [-0.1, -0.05) is 23.7 Å². The van der Waals surface area contributed by atoms with Crippen molar-refractivity contribution in [1.82, 2.24) is 0 Å². The molecule has 1 aliphatic rings. The van der Waals surface area contributed by atoms with Crippen LogP contribution in [0.2, 0.25) is 5.02 Å². The highest BCUT2D eigenvalue weighted by Gasteiger charge is 2.17. The molecule has 0 aromatic heterocycles. The van der Waals surface area contributed by atoms with Crippen LogP contribution in [0.25, 0.3) is 0 Å². The van der Waals surface area contributed by atoms with Gasteiger partial charge in [0.25, 0.3) is 0 Å². The maximum Gasteiger partial charge on any atom is 0.183 e. The van der Waals surface area contributed by atoms with Crippen LogP contribution in [-0.2, 0) is 9.47 Å². The summed E-state index contributed by atoms with van der Waals surface area (Å²) >= 11 is 5.83. The SMILES string of the molecule is N[C@H]1CCCO[C@@H](c2ccc(Cl)cc2)OC1. The minimum Gasteiger partial charge on any atom is -0.348 e. The highest BCUT2D eigenvalue weighted by atomic mass is 35.5. The average Bonchev–Trinajstić information content (AvgIpc) is 2.26. The van der Waals surface area contributed by atoms with Crippen molar-refractivity contribution < 1.29 is 9.47 Å². The van der Waals surface area contributed by atoms with Crippen LogP contribution in [0, 0.1) is 0 Å². The van der Waals surface area contributed by atoms with E-state index in [-0.39, 0.29) is 12.3 Å². The van der Waals surface area contributed by atoms with Gasteiger partial charge < -0.3 is 15.2 Å². The third kappa shape index (κ3) is 3.19. The van der Waals surface area contributed by atoms with Gasteiger partial charge in [0.1, 0.15) is 0 Å². The summed E-state index contributed by atoms with van der Waals surface area (Å²) in [6.45, 7) is 1.22. The van der Waals surface area contributed by atoms with Gasteiger partial charge in [-0.3, -0.25) is 0 Å². The molecule has 1 aromatic carbocycles. The lowest BCUT2D eigenvalue weighted by Crippen LogP contribution is -2.30. The maximum atomic E-state index is 5.87. The molecule has 16 heavy (non-hydrogen) atoms. The maximum absolute atomic E-state index is 5.87. The van der Waals surface area contributed by atoms with Gasteiger partial charge in [-0.05, 0) is 25.0 Å². The second-order valence-corrected chi connectivity index (χ2v) is 4.43. The van der Waals surface area contributed by atoms with Gasteiger partial charge in [-0.25, -0.2) is 0 Å². The van der Waals surface area contributed by atoms with Crippen molar-refractivity contribution in [2.24, 2.45) is 5.73 Å². The molecule has 0 spiro atoms. The van der Waals surface area contributed by atoms with Crippen molar-refractivity contribution in [2.45, 2.75) is 25.2 Å². The second-order valence-electron chi connectivity index (χ2n) is 3.99. The first-order chi connectivity index (χ1) is 7.75. The molecule has 1 fully saturated rings. The van der Waals surface area contributed by atoms with Crippen LogP contribution in [-0.4, -0.2) is 19.3 Å². The summed E-state index contributed by atoms with van der Waals surface area (Å²) < 4.78 is 11.3. The number of ether oxygens (including phenoxy) is 2. The Bertz CT molecular complexity index is 328. The molecule has 1 aliphatic heterocycles. The van der Waals surface area contributed by atoms with Gasteiger partial charge in [-0.15, -0.1) is 0 Å². The molecule has 0 radical (unpaired) electrons. The van der Waals surface area contributed by atoms with E-state index in [0.717, 1.165) is 18.4 Å². The Morgan fingerprint density at radius 3 is 2.69 bits per heavy atom. The molecule has 4 heteroatoms. The zero-order valence-corrected chi connectivity index (χ0v) is 9.82. The molecule has 2 rings (SSSR count). The van der Waals surface area contributed by atoms with Gasteiger partial charge in [0.2, 0.25) is 0 Å². The Balaban J connectivity index is 2.04. The van der Waals surface area contributed by atoms with E-state index in [1.807, 2.05) is 24.3 Å². The number of halogens is 1. The van der Waals surface area contributed by atoms with Gasteiger partial charge in [0.15, 0.2) is 6.29 Å². The van der Waals surface area contributed by atoms with Crippen LogP contribution < -0.4 is 5.73 Å². The number of hydrogen-bond donors (Lipinski definition) is 1. The minimum absolute atomic E-state index is 0.110. The van der Waals surface area contributed by atoms with E-state index in [4.69, 9.17) is 26.8 Å². The molecule has 0 unspecified atom stereocenters. The first kappa shape index (κ1) is 11.9. The normalized spacial score (nSPS) is 27.1. The van der Waals surface area contributed by atoms with E-state index in [2.05, 4.69) is 0 Å². The monoisotopic (exact) mass is 241 g/mol. The largest absolute Gasteiger partial charge is 0.348 e. The van der Waals surface area contributed by atoms with Gasteiger partial charge in [0.05, 0.1) is 13.2 Å². The molecular weight excluding hydrogens is 226 g/mol. The second kappa shape index (κ2) is 5.64. The fourth-order valence-electron chi connectivity index (χ4n) is 1.69. The van der Waals surface area contributed by atoms with Crippen molar-refractivity contribution in [3.63, 3.8) is 0 Å². The molecular formula is C12H16ClNO2. The molecule has 0 amide bonds. The van der Waals surface area contributed by atoms with E-state index < -0.39 is 0 Å². The predicted molar refractivity (Wildman–Crippen MR) is 63.3 cm³/mol.